The number of halogens is 3. The molecule has 0 aliphatic heterocycles. The summed E-state index contributed by atoms with van der Waals surface area (Å²) < 4.78 is 0.777. The summed E-state index contributed by atoms with van der Waals surface area (Å²) in [6.45, 7) is 1.84. The van der Waals surface area contributed by atoms with Gasteiger partial charge in [-0.15, -0.1) is 11.6 Å². The number of benzene rings is 1. The molecule has 1 aromatic carbocycles. The van der Waals surface area contributed by atoms with E-state index >= 15 is 0 Å². The third kappa shape index (κ3) is 4.01. The van der Waals surface area contributed by atoms with Gasteiger partial charge in [0.25, 0.3) is 5.91 Å². The molecule has 0 aromatic heterocycles. The highest BCUT2D eigenvalue weighted by molar-refractivity contribution is 9.10. The van der Waals surface area contributed by atoms with Crippen molar-refractivity contribution in [2.45, 2.75) is 13.0 Å². The number of alkyl halides is 1. The molecule has 82 valence electrons. The van der Waals surface area contributed by atoms with Gasteiger partial charge in [0.15, 0.2) is 0 Å². The summed E-state index contributed by atoms with van der Waals surface area (Å²) in [5.41, 5.74) is 0.520. The summed E-state index contributed by atoms with van der Waals surface area (Å²) in [4.78, 5) is 11.7. The fraction of sp³-hybridized carbons (Fsp3) is 0.300. The van der Waals surface area contributed by atoms with Crippen LogP contribution in [0.15, 0.2) is 22.7 Å². The Kier molecular flexibility index (Phi) is 4.90. The minimum absolute atomic E-state index is 0.0584. The summed E-state index contributed by atoms with van der Waals surface area (Å²) in [7, 11) is 0. The lowest BCUT2D eigenvalue weighted by Crippen LogP contribution is -2.33. The van der Waals surface area contributed by atoms with Crippen LogP contribution in [0, 0.1) is 0 Å². The van der Waals surface area contributed by atoms with E-state index in [2.05, 4.69) is 21.2 Å². The van der Waals surface area contributed by atoms with Crippen LogP contribution in [0.3, 0.4) is 0 Å². The molecule has 0 aliphatic rings. The number of nitrogens with one attached hydrogen (secondary N) is 1. The van der Waals surface area contributed by atoms with Gasteiger partial charge in [-0.25, -0.2) is 0 Å². The number of carbonyl (C=O) groups excluding carboxylic acids is 1. The molecule has 1 aromatic rings. The zero-order valence-corrected chi connectivity index (χ0v) is 11.2. The highest BCUT2D eigenvalue weighted by atomic mass is 79.9. The summed E-state index contributed by atoms with van der Waals surface area (Å²) in [5, 5.41) is 3.27. The van der Waals surface area contributed by atoms with Gasteiger partial charge in [0.05, 0.1) is 0 Å². The van der Waals surface area contributed by atoms with E-state index in [1.54, 1.807) is 18.2 Å². The Morgan fingerprint density at radius 3 is 2.73 bits per heavy atom. The Morgan fingerprint density at radius 2 is 2.20 bits per heavy atom. The molecule has 0 radical (unpaired) electrons. The maximum Gasteiger partial charge on any atom is 0.251 e. The van der Waals surface area contributed by atoms with Gasteiger partial charge >= 0.3 is 0 Å². The largest absolute Gasteiger partial charge is 0.348 e. The Balaban J connectivity index is 2.82. The van der Waals surface area contributed by atoms with Crippen molar-refractivity contribution in [1.82, 2.24) is 5.32 Å². The van der Waals surface area contributed by atoms with Crippen LogP contribution in [-0.2, 0) is 0 Å². The van der Waals surface area contributed by atoms with Crippen molar-refractivity contribution in [1.29, 1.82) is 0 Å². The van der Waals surface area contributed by atoms with E-state index in [1.807, 2.05) is 6.92 Å². The SMILES string of the molecule is CC(CCl)NC(=O)c1cc(Cl)cc(Br)c1. The van der Waals surface area contributed by atoms with Crippen molar-refractivity contribution in [2.24, 2.45) is 0 Å². The lowest BCUT2D eigenvalue weighted by atomic mass is 10.2. The van der Waals surface area contributed by atoms with Crippen LogP contribution in [-0.4, -0.2) is 17.8 Å². The second kappa shape index (κ2) is 5.73. The lowest BCUT2D eigenvalue weighted by Gasteiger charge is -2.10. The third-order valence-corrected chi connectivity index (χ3v) is 2.87. The van der Waals surface area contributed by atoms with Crippen LogP contribution in [0.4, 0.5) is 0 Å². The van der Waals surface area contributed by atoms with E-state index in [-0.39, 0.29) is 11.9 Å². The zero-order chi connectivity index (χ0) is 11.4. The van der Waals surface area contributed by atoms with Crippen LogP contribution >= 0.6 is 39.1 Å². The maximum atomic E-state index is 11.7. The number of hydrogen-bond donors (Lipinski definition) is 1. The second-order valence-electron chi connectivity index (χ2n) is 3.19. The standard InChI is InChI=1S/C10H10BrCl2NO/c1-6(5-12)14-10(15)7-2-8(11)4-9(13)3-7/h2-4,6H,5H2,1H3,(H,14,15). The Morgan fingerprint density at radius 1 is 1.53 bits per heavy atom. The Bertz CT molecular complexity index is 350. The molecule has 0 spiro atoms. The predicted octanol–water partition coefficient (Wildman–Crippen LogP) is 3.46. The Labute approximate surface area is 107 Å². The number of rotatable bonds is 3. The predicted molar refractivity (Wildman–Crippen MR) is 66.8 cm³/mol. The minimum Gasteiger partial charge on any atom is -0.348 e. The van der Waals surface area contributed by atoms with Gasteiger partial charge in [0, 0.05) is 27.0 Å². The molecule has 1 unspecified atom stereocenters. The second-order valence-corrected chi connectivity index (χ2v) is 4.85. The summed E-state index contributed by atoms with van der Waals surface area (Å²) in [6.07, 6.45) is 0. The number of hydrogen-bond acceptors (Lipinski definition) is 1. The molecule has 1 rings (SSSR count). The van der Waals surface area contributed by atoms with Gasteiger partial charge in [-0.3, -0.25) is 4.79 Å². The summed E-state index contributed by atoms with van der Waals surface area (Å²) >= 11 is 14.7. The van der Waals surface area contributed by atoms with Crippen molar-refractivity contribution in [3.63, 3.8) is 0 Å². The summed E-state index contributed by atoms with van der Waals surface area (Å²) in [6, 6.07) is 4.99. The van der Waals surface area contributed by atoms with Crippen LogP contribution in [0.2, 0.25) is 5.02 Å². The molecular weight excluding hydrogens is 301 g/mol. The van der Waals surface area contributed by atoms with Gasteiger partial charge < -0.3 is 5.32 Å². The molecule has 15 heavy (non-hydrogen) atoms. The van der Waals surface area contributed by atoms with E-state index in [9.17, 15) is 4.79 Å². The first-order valence-corrected chi connectivity index (χ1v) is 6.06. The molecule has 0 aliphatic carbocycles. The maximum absolute atomic E-state index is 11.7. The van der Waals surface area contributed by atoms with E-state index in [0.717, 1.165) is 4.47 Å². The topological polar surface area (TPSA) is 29.1 Å². The van der Waals surface area contributed by atoms with Crippen molar-refractivity contribution in [2.75, 3.05) is 5.88 Å². The molecule has 1 amide bonds. The smallest absolute Gasteiger partial charge is 0.251 e. The Hall–Kier alpha value is -0.250. The average molecular weight is 311 g/mol. The van der Waals surface area contributed by atoms with Crippen LogP contribution in [0.5, 0.6) is 0 Å². The summed E-state index contributed by atoms with van der Waals surface area (Å²) in [5.74, 6) is 0.208. The van der Waals surface area contributed by atoms with Gasteiger partial charge in [-0.2, -0.15) is 0 Å². The molecule has 0 bridgehead atoms. The first-order chi connectivity index (χ1) is 7.02. The van der Waals surface area contributed by atoms with Gasteiger partial charge in [0.1, 0.15) is 0 Å². The van der Waals surface area contributed by atoms with Crippen molar-refractivity contribution >= 4 is 45.0 Å². The van der Waals surface area contributed by atoms with Crippen molar-refractivity contribution in [3.05, 3.63) is 33.3 Å². The third-order valence-electron chi connectivity index (χ3n) is 1.73. The van der Waals surface area contributed by atoms with Gasteiger partial charge in [-0.1, -0.05) is 27.5 Å². The average Bonchev–Trinajstić information content (AvgIpc) is 2.16. The minimum atomic E-state index is -0.175. The van der Waals surface area contributed by atoms with E-state index in [1.165, 1.54) is 0 Å². The van der Waals surface area contributed by atoms with E-state index in [4.69, 9.17) is 23.2 Å². The van der Waals surface area contributed by atoms with E-state index < -0.39 is 0 Å². The normalized spacial score (nSPS) is 12.3. The number of amides is 1. The molecule has 1 N–H and O–H groups in total. The van der Waals surface area contributed by atoms with Crippen LogP contribution < -0.4 is 5.32 Å². The molecule has 5 heteroatoms. The molecule has 2 nitrogen and oxygen atoms in total. The fourth-order valence-electron chi connectivity index (χ4n) is 1.03. The molecule has 0 heterocycles. The lowest BCUT2D eigenvalue weighted by molar-refractivity contribution is 0.0943. The quantitative estimate of drug-likeness (QED) is 0.851. The fourth-order valence-corrected chi connectivity index (χ4v) is 1.97. The zero-order valence-electron chi connectivity index (χ0n) is 8.06. The monoisotopic (exact) mass is 309 g/mol. The number of carbonyl (C=O) groups is 1. The molecule has 0 saturated heterocycles. The molecular formula is C10H10BrCl2NO. The molecule has 0 fully saturated rings. The highest BCUT2D eigenvalue weighted by Crippen LogP contribution is 2.19. The van der Waals surface area contributed by atoms with Crippen molar-refractivity contribution < 1.29 is 4.79 Å². The first-order valence-electron chi connectivity index (χ1n) is 4.36. The van der Waals surface area contributed by atoms with Crippen molar-refractivity contribution in [3.8, 4) is 0 Å². The van der Waals surface area contributed by atoms with Gasteiger partial charge in [0.2, 0.25) is 0 Å². The van der Waals surface area contributed by atoms with E-state index in [0.29, 0.717) is 16.5 Å². The first kappa shape index (κ1) is 12.8. The van der Waals surface area contributed by atoms with Crippen LogP contribution in [0.1, 0.15) is 17.3 Å². The van der Waals surface area contributed by atoms with Gasteiger partial charge in [-0.05, 0) is 25.1 Å². The molecule has 1 atom stereocenters. The molecule has 0 saturated carbocycles. The van der Waals surface area contributed by atoms with Crippen LogP contribution in [0.25, 0.3) is 0 Å². The highest BCUT2D eigenvalue weighted by Gasteiger charge is 2.10.